The smallest absolute Gasteiger partial charge is 0.254 e. The minimum absolute atomic E-state index is 0.0490. The second kappa shape index (κ2) is 6.24. The lowest BCUT2D eigenvalue weighted by atomic mass is 10.1. The monoisotopic (exact) mass is 269 g/mol. The first-order valence-corrected chi connectivity index (χ1v) is 6.65. The Hall–Kier alpha value is -2.29. The summed E-state index contributed by atoms with van der Waals surface area (Å²) >= 11 is 0. The molecule has 104 valence electrons. The minimum Gasteiger partial charge on any atom is -0.482 e. The summed E-state index contributed by atoms with van der Waals surface area (Å²) in [6.07, 6.45) is 3.90. The highest BCUT2D eigenvalue weighted by Crippen LogP contribution is 2.17. The predicted molar refractivity (Wildman–Crippen MR) is 83.0 cm³/mol. The van der Waals surface area contributed by atoms with Crippen LogP contribution in [0.1, 0.15) is 31.0 Å². The van der Waals surface area contributed by atoms with Crippen molar-refractivity contribution in [1.29, 1.82) is 0 Å². The van der Waals surface area contributed by atoms with E-state index >= 15 is 0 Å². The highest BCUT2D eigenvalue weighted by Gasteiger charge is 2.08. The second-order valence-electron chi connectivity index (χ2n) is 4.88. The Morgan fingerprint density at radius 2 is 1.70 bits per heavy atom. The van der Waals surface area contributed by atoms with Gasteiger partial charge >= 0.3 is 0 Å². The molecular weight excluding hydrogens is 250 g/mol. The van der Waals surface area contributed by atoms with Crippen LogP contribution in [0.25, 0.3) is 12.2 Å². The van der Waals surface area contributed by atoms with Gasteiger partial charge in [-0.3, -0.25) is 9.36 Å². The third-order valence-electron chi connectivity index (χ3n) is 3.05. The van der Waals surface area contributed by atoms with Crippen molar-refractivity contribution in [3.63, 3.8) is 0 Å². The molecule has 0 saturated heterocycles. The molecule has 0 aliphatic rings. The predicted octanol–water partition coefficient (Wildman–Crippen LogP) is 3.61. The zero-order valence-corrected chi connectivity index (χ0v) is 12.0. The van der Waals surface area contributed by atoms with Crippen LogP contribution in [0.3, 0.4) is 0 Å². The third-order valence-corrected chi connectivity index (χ3v) is 3.05. The van der Waals surface area contributed by atoms with E-state index in [9.17, 15) is 4.79 Å². The van der Waals surface area contributed by atoms with Gasteiger partial charge in [0, 0.05) is 18.2 Å². The fraction of sp³-hybridized carbons (Fsp3) is 0.235. The summed E-state index contributed by atoms with van der Waals surface area (Å²) in [5.41, 5.74) is 1.89. The van der Waals surface area contributed by atoms with Crippen molar-refractivity contribution < 1.29 is 4.74 Å². The van der Waals surface area contributed by atoms with Crippen LogP contribution in [0.2, 0.25) is 0 Å². The average Bonchev–Trinajstić information content (AvgIpc) is 2.45. The van der Waals surface area contributed by atoms with Crippen LogP contribution in [0.15, 0.2) is 47.3 Å². The Kier molecular flexibility index (Phi) is 4.41. The molecule has 0 unspecified atom stereocenters. The summed E-state index contributed by atoms with van der Waals surface area (Å²) in [4.78, 5) is 12.1. The Morgan fingerprint density at radius 3 is 2.30 bits per heavy atom. The van der Waals surface area contributed by atoms with Crippen LogP contribution in [0.5, 0.6) is 5.88 Å². The number of hydrogen-bond donors (Lipinski definition) is 0. The SMILES string of the molecule is COc1cc(/C=C/c2ccccc2)cc(=O)n1C(C)C. The summed E-state index contributed by atoms with van der Waals surface area (Å²) in [7, 11) is 1.58. The van der Waals surface area contributed by atoms with Crippen molar-refractivity contribution in [2.24, 2.45) is 0 Å². The number of methoxy groups -OCH3 is 1. The molecule has 3 heteroatoms. The van der Waals surface area contributed by atoms with Gasteiger partial charge in [0.05, 0.1) is 7.11 Å². The van der Waals surface area contributed by atoms with Gasteiger partial charge < -0.3 is 4.74 Å². The molecule has 1 aromatic heterocycles. The van der Waals surface area contributed by atoms with E-state index in [0.29, 0.717) is 5.88 Å². The average molecular weight is 269 g/mol. The summed E-state index contributed by atoms with van der Waals surface area (Å²) in [6.45, 7) is 3.92. The van der Waals surface area contributed by atoms with Gasteiger partial charge in [0.1, 0.15) is 0 Å². The standard InChI is InChI=1S/C17H19NO2/c1-13(2)18-16(19)11-15(12-17(18)20-3)10-9-14-7-5-4-6-8-14/h4-13H,1-3H3/b10-9+. The van der Waals surface area contributed by atoms with Crippen molar-refractivity contribution in [3.8, 4) is 5.88 Å². The zero-order chi connectivity index (χ0) is 14.5. The summed E-state index contributed by atoms with van der Waals surface area (Å²) in [5, 5.41) is 0. The molecule has 0 bridgehead atoms. The molecule has 0 N–H and O–H groups in total. The first-order valence-electron chi connectivity index (χ1n) is 6.65. The Balaban J connectivity index is 2.37. The molecule has 0 saturated carbocycles. The number of benzene rings is 1. The first-order chi connectivity index (χ1) is 9.61. The fourth-order valence-corrected chi connectivity index (χ4v) is 2.09. The fourth-order valence-electron chi connectivity index (χ4n) is 2.09. The van der Waals surface area contributed by atoms with Crippen molar-refractivity contribution in [2.45, 2.75) is 19.9 Å². The number of rotatable bonds is 4. The van der Waals surface area contributed by atoms with Gasteiger partial charge in [-0.2, -0.15) is 0 Å². The van der Waals surface area contributed by atoms with Crippen LogP contribution in [0, 0.1) is 0 Å². The summed E-state index contributed by atoms with van der Waals surface area (Å²) < 4.78 is 6.95. The van der Waals surface area contributed by atoms with Crippen molar-refractivity contribution in [1.82, 2.24) is 4.57 Å². The maximum absolute atomic E-state index is 12.1. The molecule has 1 heterocycles. The quantitative estimate of drug-likeness (QED) is 0.849. The molecule has 0 fully saturated rings. The Morgan fingerprint density at radius 1 is 1.05 bits per heavy atom. The van der Waals surface area contributed by atoms with Gasteiger partial charge in [0.25, 0.3) is 5.56 Å². The van der Waals surface area contributed by atoms with Crippen molar-refractivity contribution in [3.05, 3.63) is 63.9 Å². The molecule has 2 aromatic rings. The van der Waals surface area contributed by atoms with E-state index in [4.69, 9.17) is 4.74 Å². The van der Waals surface area contributed by atoms with E-state index in [2.05, 4.69) is 0 Å². The number of pyridine rings is 1. The highest BCUT2D eigenvalue weighted by atomic mass is 16.5. The molecule has 0 radical (unpaired) electrons. The number of ether oxygens (including phenoxy) is 1. The molecule has 1 aromatic carbocycles. The topological polar surface area (TPSA) is 31.2 Å². The van der Waals surface area contributed by atoms with E-state index in [1.807, 2.05) is 62.4 Å². The first kappa shape index (κ1) is 14.1. The van der Waals surface area contributed by atoms with Gasteiger partial charge in [-0.25, -0.2) is 0 Å². The van der Waals surface area contributed by atoms with Crippen molar-refractivity contribution in [2.75, 3.05) is 7.11 Å². The van der Waals surface area contributed by atoms with Crippen LogP contribution in [0.4, 0.5) is 0 Å². The lowest BCUT2D eigenvalue weighted by molar-refractivity contribution is 0.352. The second-order valence-corrected chi connectivity index (χ2v) is 4.88. The molecule has 0 aliphatic carbocycles. The molecule has 0 spiro atoms. The molecule has 0 amide bonds. The van der Waals surface area contributed by atoms with Crippen molar-refractivity contribution >= 4 is 12.2 Å². The summed E-state index contributed by atoms with van der Waals surface area (Å²) in [6, 6.07) is 13.6. The van der Waals surface area contributed by atoms with Gasteiger partial charge in [0.15, 0.2) is 5.88 Å². The van der Waals surface area contributed by atoms with Gasteiger partial charge in [-0.05, 0) is 25.0 Å². The minimum atomic E-state index is -0.0490. The largest absolute Gasteiger partial charge is 0.482 e. The zero-order valence-electron chi connectivity index (χ0n) is 12.0. The highest BCUT2D eigenvalue weighted by molar-refractivity contribution is 5.69. The van der Waals surface area contributed by atoms with Gasteiger partial charge in [-0.15, -0.1) is 0 Å². The normalized spacial score (nSPS) is 11.2. The van der Waals surface area contributed by atoms with Crippen LogP contribution < -0.4 is 10.3 Å². The lowest BCUT2D eigenvalue weighted by Gasteiger charge is -2.15. The maximum Gasteiger partial charge on any atom is 0.254 e. The molecule has 2 rings (SSSR count). The number of nitrogens with zero attached hydrogens (tertiary/aromatic N) is 1. The van der Waals surface area contributed by atoms with Crippen LogP contribution in [-0.2, 0) is 0 Å². The molecule has 0 aliphatic heterocycles. The Bertz CT molecular complexity index is 654. The maximum atomic E-state index is 12.1. The third kappa shape index (κ3) is 3.18. The molecule has 3 nitrogen and oxygen atoms in total. The van der Waals surface area contributed by atoms with E-state index in [1.54, 1.807) is 17.7 Å². The van der Waals surface area contributed by atoms with Crippen LogP contribution in [-0.4, -0.2) is 11.7 Å². The molecule has 20 heavy (non-hydrogen) atoms. The molecule has 0 atom stereocenters. The van der Waals surface area contributed by atoms with Crippen LogP contribution >= 0.6 is 0 Å². The van der Waals surface area contributed by atoms with E-state index in [1.165, 1.54) is 0 Å². The number of aromatic nitrogens is 1. The lowest BCUT2D eigenvalue weighted by Crippen LogP contribution is -2.22. The Labute approximate surface area is 119 Å². The summed E-state index contributed by atoms with van der Waals surface area (Å²) in [5.74, 6) is 0.584. The van der Waals surface area contributed by atoms with Gasteiger partial charge in [0.2, 0.25) is 0 Å². The molecular formula is C17H19NO2. The number of hydrogen-bond acceptors (Lipinski definition) is 2. The van der Waals surface area contributed by atoms with E-state index in [-0.39, 0.29) is 11.6 Å². The van der Waals surface area contributed by atoms with E-state index < -0.39 is 0 Å². The van der Waals surface area contributed by atoms with Gasteiger partial charge in [-0.1, -0.05) is 42.5 Å². The van der Waals surface area contributed by atoms with E-state index in [0.717, 1.165) is 11.1 Å².